The summed E-state index contributed by atoms with van der Waals surface area (Å²) >= 11 is 0. The molecule has 0 saturated carbocycles. The van der Waals surface area contributed by atoms with Crippen molar-refractivity contribution in [1.82, 2.24) is 0 Å². The van der Waals surface area contributed by atoms with Crippen LogP contribution >= 0.6 is 0 Å². The van der Waals surface area contributed by atoms with E-state index in [2.05, 4.69) is 38.2 Å². The first kappa shape index (κ1) is 53.2. The van der Waals surface area contributed by atoms with E-state index in [0.717, 1.165) is 64.2 Å². The fourth-order valence-electron chi connectivity index (χ4n) is 7.06. The van der Waals surface area contributed by atoms with Gasteiger partial charge in [-0.1, -0.05) is 154 Å². The molecule has 1 aliphatic heterocycles. The van der Waals surface area contributed by atoms with Crippen LogP contribution in [0.25, 0.3) is 0 Å². The van der Waals surface area contributed by atoms with Gasteiger partial charge < -0.3 is 39.4 Å². The largest absolute Gasteiger partial charge is 0.462 e. The summed E-state index contributed by atoms with van der Waals surface area (Å²) in [7, 11) is 0. The van der Waals surface area contributed by atoms with Gasteiger partial charge in [0.25, 0.3) is 0 Å². The molecule has 2 unspecified atom stereocenters. The van der Waals surface area contributed by atoms with Gasteiger partial charge in [0.05, 0.1) is 13.2 Å². The average molecular weight is 811 g/mol. The van der Waals surface area contributed by atoms with Crippen molar-refractivity contribution in [1.29, 1.82) is 0 Å². The second-order valence-corrected chi connectivity index (χ2v) is 16.2. The molecule has 0 amide bonds. The van der Waals surface area contributed by atoms with E-state index in [-0.39, 0.29) is 32.0 Å². The number of hydrogen-bond donors (Lipinski definition) is 4. The monoisotopic (exact) mass is 811 g/mol. The topological polar surface area (TPSA) is 152 Å². The molecule has 0 aromatic rings. The Morgan fingerprint density at radius 3 is 1.39 bits per heavy atom. The maximum atomic E-state index is 12.8. The van der Waals surface area contributed by atoms with Gasteiger partial charge in [-0.2, -0.15) is 0 Å². The summed E-state index contributed by atoms with van der Waals surface area (Å²) in [5.41, 5.74) is 0. The SMILES string of the molecule is CCCCCC/C=C/CCCCCCCC(=O)O[C@@H](COC(=O)CCCCCCCCCCC/C=C/CCCCCCCC)CO[C@H]1O[C@@H](CO)[C@@H](O)C(O)C1O. The zero-order chi connectivity index (χ0) is 41.6. The minimum absolute atomic E-state index is 0.219. The first-order chi connectivity index (χ1) is 27.8. The molecule has 6 atom stereocenters. The summed E-state index contributed by atoms with van der Waals surface area (Å²) in [5, 5.41) is 40.1. The fraction of sp³-hybridized carbons (Fsp3) is 0.872. The molecule has 1 rings (SSSR count). The van der Waals surface area contributed by atoms with E-state index in [9.17, 15) is 30.0 Å². The second-order valence-electron chi connectivity index (χ2n) is 16.2. The van der Waals surface area contributed by atoms with E-state index >= 15 is 0 Å². The van der Waals surface area contributed by atoms with Crippen LogP contribution in [-0.4, -0.2) is 89.0 Å². The van der Waals surface area contributed by atoms with E-state index in [4.69, 9.17) is 18.9 Å². The highest BCUT2D eigenvalue weighted by molar-refractivity contribution is 5.70. The predicted octanol–water partition coefficient (Wildman–Crippen LogP) is 10.1. The number of allylic oxidation sites excluding steroid dienone is 4. The third-order valence-electron chi connectivity index (χ3n) is 10.8. The van der Waals surface area contributed by atoms with Crippen molar-refractivity contribution in [3.63, 3.8) is 0 Å². The molecule has 1 aliphatic rings. The van der Waals surface area contributed by atoms with Crippen molar-refractivity contribution in [3.05, 3.63) is 24.3 Å². The van der Waals surface area contributed by atoms with Gasteiger partial charge in [0.2, 0.25) is 0 Å². The summed E-state index contributed by atoms with van der Waals surface area (Å²) in [5.74, 6) is -0.814. The summed E-state index contributed by atoms with van der Waals surface area (Å²) in [6, 6.07) is 0. The van der Waals surface area contributed by atoms with Crippen molar-refractivity contribution in [2.45, 2.75) is 243 Å². The number of aliphatic hydroxyl groups is 4. The van der Waals surface area contributed by atoms with Gasteiger partial charge in [-0.15, -0.1) is 0 Å². The maximum absolute atomic E-state index is 12.8. The van der Waals surface area contributed by atoms with Gasteiger partial charge in [0.1, 0.15) is 31.0 Å². The van der Waals surface area contributed by atoms with Gasteiger partial charge in [0.15, 0.2) is 12.4 Å². The lowest BCUT2D eigenvalue weighted by Gasteiger charge is -2.39. The molecule has 10 nitrogen and oxygen atoms in total. The van der Waals surface area contributed by atoms with Crippen LogP contribution in [0.3, 0.4) is 0 Å². The Bertz CT molecular complexity index is 985. The van der Waals surface area contributed by atoms with Crippen molar-refractivity contribution in [2.75, 3.05) is 19.8 Å². The molecule has 1 heterocycles. The summed E-state index contributed by atoms with van der Waals surface area (Å²) < 4.78 is 22.2. The summed E-state index contributed by atoms with van der Waals surface area (Å²) in [6.07, 6.45) is 34.7. The standard InChI is InChI=1S/C47H86O10/c1-3-5-7-9-11-13-15-17-18-19-20-21-22-24-25-27-29-31-33-35-42(49)54-38-40(39-55-47-46(53)45(52)44(51)41(37-48)57-47)56-43(50)36-34-32-30-28-26-23-16-14-12-10-8-6-4-2/h14,16-18,40-41,44-48,51-53H,3-13,15,19-39H2,1-2H3/b16-14+,18-17+/t40-,41-,44+,45?,46?,47-/m0/s1. The predicted molar refractivity (Wildman–Crippen MR) is 229 cm³/mol. The third-order valence-corrected chi connectivity index (χ3v) is 10.8. The van der Waals surface area contributed by atoms with E-state index in [1.807, 2.05) is 0 Å². The number of aliphatic hydroxyl groups excluding tert-OH is 4. The highest BCUT2D eigenvalue weighted by atomic mass is 16.7. The number of rotatable bonds is 39. The number of carbonyl (C=O) groups excluding carboxylic acids is 2. The van der Waals surface area contributed by atoms with Crippen LogP contribution in [0.2, 0.25) is 0 Å². The quantitative estimate of drug-likeness (QED) is 0.0268. The van der Waals surface area contributed by atoms with Crippen molar-refractivity contribution in [3.8, 4) is 0 Å². The van der Waals surface area contributed by atoms with Gasteiger partial charge in [-0.3, -0.25) is 9.59 Å². The van der Waals surface area contributed by atoms with Crippen LogP contribution < -0.4 is 0 Å². The Labute approximate surface area is 347 Å². The second kappa shape index (κ2) is 38.4. The zero-order valence-corrected chi connectivity index (χ0v) is 36.3. The molecular formula is C47H86O10. The van der Waals surface area contributed by atoms with E-state index < -0.39 is 49.4 Å². The normalized spacial score (nSPS) is 20.4. The minimum atomic E-state index is -1.59. The Hall–Kier alpha value is -1.82. The van der Waals surface area contributed by atoms with Crippen molar-refractivity contribution >= 4 is 11.9 Å². The van der Waals surface area contributed by atoms with Crippen LogP contribution in [0, 0.1) is 0 Å². The molecule has 0 aliphatic carbocycles. The van der Waals surface area contributed by atoms with Crippen LogP contribution in [0.4, 0.5) is 0 Å². The molecule has 4 N–H and O–H groups in total. The molecule has 57 heavy (non-hydrogen) atoms. The van der Waals surface area contributed by atoms with E-state index in [0.29, 0.717) is 6.42 Å². The Morgan fingerprint density at radius 1 is 0.526 bits per heavy atom. The molecule has 0 radical (unpaired) electrons. The molecule has 0 aromatic heterocycles. The van der Waals surface area contributed by atoms with Gasteiger partial charge in [0, 0.05) is 12.8 Å². The highest BCUT2D eigenvalue weighted by Gasteiger charge is 2.44. The van der Waals surface area contributed by atoms with Crippen molar-refractivity contribution < 1.29 is 49.0 Å². The number of unbranched alkanes of at least 4 members (excludes halogenated alkanes) is 24. The zero-order valence-electron chi connectivity index (χ0n) is 36.3. The lowest BCUT2D eigenvalue weighted by atomic mass is 9.99. The molecule has 10 heteroatoms. The van der Waals surface area contributed by atoms with Gasteiger partial charge in [-0.25, -0.2) is 0 Å². The van der Waals surface area contributed by atoms with Gasteiger partial charge in [-0.05, 0) is 64.2 Å². The smallest absolute Gasteiger partial charge is 0.306 e. The molecule has 0 aromatic carbocycles. The maximum Gasteiger partial charge on any atom is 0.306 e. The Balaban J connectivity index is 2.29. The number of hydrogen-bond acceptors (Lipinski definition) is 10. The Kier molecular flexibility index (Phi) is 35.8. The van der Waals surface area contributed by atoms with Crippen LogP contribution in [0.1, 0.15) is 206 Å². The number of esters is 2. The molecular weight excluding hydrogens is 725 g/mol. The molecule has 1 fully saturated rings. The molecule has 334 valence electrons. The van der Waals surface area contributed by atoms with E-state index in [1.54, 1.807) is 0 Å². The fourth-order valence-corrected chi connectivity index (χ4v) is 7.06. The molecule has 0 bridgehead atoms. The summed E-state index contributed by atoms with van der Waals surface area (Å²) in [4.78, 5) is 25.3. The van der Waals surface area contributed by atoms with Crippen LogP contribution in [-0.2, 0) is 28.5 Å². The molecule has 1 saturated heterocycles. The first-order valence-electron chi connectivity index (χ1n) is 23.4. The first-order valence-corrected chi connectivity index (χ1v) is 23.4. The lowest BCUT2D eigenvalue weighted by molar-refractivity contribution is -0.305. The minimum Gasteiger partial charge on any atom is -0.462 e. The summed E-state index contributed by atoms with van der Waals surface area (Å²) in [6.45, 7) is 3.40. The highest BCUT2D eigenvalue weighted by Crippen LogP contribution is 2.23. The Morgan fingerprint density at radius 2 is 0.930 bits per heavy atom. The molecule has 0 spiro atoms. The number of ether oxygens (including phenoxy) is 4. The average Bonchev–Trinajstić information content (AvgIpc) is 3.21. The van der Waals surface area contributed by atoms with Crippen LogP contribution in [0.5, 0.6) is 0 Å². The van der Waals surface area contributed by atoms with Gasteiger partial charge >= 0.3 is 11.9 Å². The number of carbonyl (C=O) groups is 2. The third kappa shape index (κ3) is 30.0. The van der Waals surface area contributed by atoms with Crippen LogP contribution in [0.15, 0.2) is 24.3 Å². The van der Waals surface area contributed by atoms with E-state index in [1.165, 1.54) is 109 Å². The lowest BCUT2D eigenvalue weighted by Crippen LogP contribution is -2.59. The van der Waals surface area contributed by atoms with Crippen molar-refractivity contribution in [2.24, 2.45) is 0 Å².